The lowest BCUT2D eigenvalue weighted by Crippen LogP contribution is -2.26. The lowest BCUT2D eigenvalue weighted by atomic mass is 9.81. The van der Waals surface area contributed by atoms with Gasteiger partial charge in [0.15, 0.2) is 0 Å². The molecule has 0 unspecified atom stereocenters. The highest BCUT2D eigenvalue weighted by molar-refractivity contribution is 6.31. The first-order valence-corrected chi connectivity index (χ1v) is 7.33. The summed E-state index contributed by atoms with van der Waals surface area (Å²) in [6.45, 7) is 0. The number of halogens is 1. The van der Waals surface area contributed by atoms with E-state index in [9.17, 15) is 0 Å². The average molecular weight is 291 g/mol. The van der Waals surface area contributed by atoms with E-state index in [-0.39, 0.29) is 0 Å². The molecule has 0 radical (unpaired) electrons. The Balaban J connectivity index is 2.09. The maximum absolute atomic E-state index is 6.34. The molecule has 20 heavy (non-hydrogen) atoms. The van der Waals surface area contributed by atoms with Gasteiger partial charge in [0.25, 0.3) is 0 Å². The molecule has 1 saturated carbocycles. The summed E-state index contributed by atoms with van der Waals surface area (Å²) < 4.78 is 0. The number of nitrogens with zero attached hydrogens (tertiary/aromatic N) is 1. The molecule has 1 aromatic carbocycles. The van der Waals surface area contributed by atoms with E-state index >= 15 is 0 Å². The summed E-state index contributed by atoms with van der Waals surface area (Å²) in [5.41, 5.74) is 20.9. The maximum atomic E-state index is 6.34. The molecule has 5 heteroatoms. The SMILES string of the molecule is Nc1nc2cc(Cl)ccc2c(N)c1C1CCC(N)CC1. The molecule has 3 rings (SSSR count). The predicted octanol–water partition coefficient (Wildman–Crippen LogP) is 3.04. The quantitative estimate of drug-likeness (QED) is 0.753. The van der Waals surface area contributed by atoms with Gasteiger partial charge in [0, 0.05) is 27.7 Å². The Bertz CT molecular complexity index is 648. The van der Waals surface area contributed by atoms with Gasteiger partial charge < -0.3 is 17.2 Å². The van der Waals surface area contributed by atoms with Gasteiger partial charge in [0.2, 0.25) is 0 Å². The number of aromatic nitrogens is 1. The van der Waals surface area contributed by atoms with Crippen molar-refractivity contribution in [2.75, 3.05) is 11.5 Å². The molecule has 2 aromatic rings. The van der Waals surface area contributed by atoms with Crippen molar-refractivity contribution in [1.29, 1.82) is 0 Å². The topological polar surface area (TPSA) is 90.9 Å². The van der Waals surface area contributed by atoms with Crippen LogP contribution in [-0.2, 0) is 0 Å². The van der Waals surface area contributed by atoms with Crippen molar-refractivity contribution < 1.29 is 0 Å². The second-order valence-electron chi connectivity index (χ2n) is 5.60. The van der Waals surface area contributed by atoms with Crippen molar-refractivity contribution in [2.45, 2.75) is 37.6 Å². The molecule has 1 aliphatic rings. The summed E-state index contributed by atoms with van der Waals surface area (Å²) >= 11 is 5.99. The van der Waals surface area contributed by atoms with Gasteiger partial charge in [-0.15, -0.1) is 0 Å². The minimum atomic E-state index is 0.306. The third-order valence-electron chi connectivity index (χ3n) is 4.24. The third kappa shape index (κ3) is 2.30. The van der Waals surface area contributed by atoms with E-state index in [1.807, 2.05) is 12.1 Å². The molecule has 0 aliphatic heterocycles. The van der Waals surface area contributed by atoms with Crippen molar-refractivity contribution >= 4 is 34.0 Å². The van der Waals surface area contributed by atoms with Crippen LogP contribution in [0.1, 0.15) is 37.2 Å². The van der Waals surface area contributed by atoms with E-state index in [1.165, 1.54) is 0 Å². The van der Waals surface area contributed by atoms with Crippen LogP contribution in [0.2, 0.25) is 5.02 Å². The Morgan fingerprint density at radius 3 is 2.50 bits per heavy atom. The minimum absolute atomic E-state index is 0.306. The van der Waals surface area contributed by atoms with Crippen LogP contribution in [0.3, 0.4) is 0 Å². The van der Waals surface area contributed by atoms with Crippen LogP contribution in [-0.4, -0.2) is 11.0 Å². The zero-order chi connectivity index (χ0) is 14.3. The first kappa shape index (κ1) is 13.5. The molecule has 1 aliphatic carbocycles. The zero-order valence-corrected chi connectivity index (χ0v) is 12.0. The molecule has 1 aromatic heterocycles. The first-order chi connectivity index (χ1) is 9.56. The Morgan fingerprint density at radius 1 is 1.10 bits per heavy atom. The number of hydrogen-bond donors (Lipinski definition) is 3. The lowest BCUT2D eigenvalue weighted by molar-refractivity contribution is 0.396. The summed E-state index contributed by atoms with van der Waals surface area (Å²) in [6, 6.07) is 5.85. The van der Waals surface area contributed by atoms with Crippen LogP contribution in [0, 0.1) is 0 Å². The van der Waals surface area contributed by atoms with E-state index < -0.39 is 0 Å². The molecule has 0 amide bonds. The standard InChI is InChI=1S/C15H19ClN4/c16-9-3-6-11-12(7-9)20-15(19)13(14(11)18)8-1-4-10(17)5-2-8/h3,6-8,10H,1-2,4-5,17H2,(H4,18,19,20). The highest BCUT2D eigenvalue weighted by Crippen LogP contribution is 2.40. The van der Waals surface area contributed by atoms with E-state index in [0.29, 0.717) is 22.8 Å². The smallest absolute Gasteiger partial charge is 0.129 e. The Labute approximate surface area is 123 Å². The van der Waals surface area contributed by atoms with Crippen LogP contribution in [0.15, 0.2) is 18.2 Å². The number of hydrogen-bond acceptors (Lipinski definition) is 4. The molecular weight excluding hydrogens is 272 g/mol. The molecule has 106 valence electrons. The highest BCUT2D eigenvalue weighted by Gasteiger charge is 2.25. The summed E-state index contributed by atoms with van der Waals surface area (Å²) in [6.07, 6.45) is 4.08. The van der Waals surface area contributed by atoms with Gasteiger partial charge in [0.05, 0.1) is 5.52 Å². The minimum Gasteiger partial charge on any atom is -0.398 e. The fraction of sp³-hybridized carbons (Fsp3) is 0.400. The van der Waals surface area contributed by atoms with Gasteiger partial charge in [-0.3, -0.25) is 0 Å². The van der Waals surface area contributed by atoms with E-state index in [4.69, 9.17) is 28.8 Å². The number of benzene rings is 1. The number of fused-ring (bicyclic) bond motifs is 1. The fourth-order valence-electron chi connectivity index (χ4n) is 3.14. The van der Waals surface area contributed by atoms with Gasteiger partial charge in [0.1, 0.15) is 5.82 Å². The number of anilines is 2. The van der Waals surface area contributed by atoms with Crippen LogP contribution < -0.4 is 17.2 Å². The van der Waals surface area contributed by atoms with Crippen LogP contribution >= 0.6 is 11.6 Å². The molecule has 4 nitrogen and oxygen atoms in total. The van der Waals surface area contributed by atoms with Gasteiger partial charge in [-0.25, -0.2) is 4.98 Å². The van der Waals surface area contributed by atoms with Crippen molar-refractivity contribution in [3.05, 3.63) is 28.8 Å². The largest absolute Gasteiger partial charge is 0.398 e. The van der Waals surface area contributed by atoms with E-state index in [0.717, 1.165) is 47.8 Å². The summed E-state index contributed by atoms with van der Waals surface area (Å²) in [5.74, 6) is 0.889. The Morgan fingerprint density at radius 2 is 1.80 bits per heavy atom. The monoisotopic (exact) mass is 290 g/mol. The third-order valence-corrected chi connectivity index (χ3v) is 4.47. The zero-order valence-electron chi connectivity index (χ0n) is 11.3. The van der Waals surface area contributed by atoms with Crippen molar-refractivity contribution in [3.63, 3.8) is 0 Å². The van der Waals surface area contributed by atoms with Crippen LogP contribution in [0.4, 0.5) is 11.5 Å². The van der Waals surface area contributed by atoms with Gasteiger partial charge in [-0.2, -0.15) is 0 Å². The molecule has 1 fully saturated rings. The molecular formula is C15H19ClN4. The second kappa shape index (κ2) is 5.11. The highest BCUT2D eigenvalue weighted by atomic mass is 35.5. The Hall–Kier alpha value is -1.52. The molecule has 1 heterocycles. The van der Waals surface area contributed by atoms with Crippen molar-refractivity contribution in [1.82, 2.24) is 4.98 Å². The molecule has 6 N–H and O–H groups in total. The number of nitrogen functional groups attached to an aromatic ring is 2. The van der Waals surface area contributed by atoms with E-state index in [2.05, 4.69) is 4.98 Å². The summed E-state index contributed by atoms with van der Waals surface area (Å²) in [4.78, 5) is 4.47. The molecule has 0 saturated heterocycles. The molecule has 0 spiro atoms. The summed E-state index contributed by atoms with van der Waals surface area (Å²) in [5, 5.41) is 1.56. The van der Waals surface area contributed by atoms with Crippen molar-refractivity contribution in [3.8, 4) is 0 Å². The van der Waals surface area contributed by atoms with E-state index in [1.54, 1.807) is 6.07 Å². The predicted molar refractivity (Wildman–Crippen MR) is 84.8 cm³/mol. The number of pyridine rings is 1. The first-order valence-electron chi connectivity index (χ1n) is 6.96. The fourth-order valence-corrected chi connectivity index (χ4v) is 3.30. The number of nitrogens with two attached hydrogens (primary N) is 3. The van der Waals surface area contributed by atoms with Crippen molar-refractivity contribution in [2.24, 2.45) is 5.73 Å². The lowest BCUT2D eigenvalue weighted by Gasteiger charge is -2.28. The van der Waals surface area contributed by atoms with Gasteiger partial charge in [-0.1, -0.05) is 11.6 Å². The van der Waals surface area contributed by atoms with Gasteiger partial charge in [-0.05, 0) is 49.8 Å². The van der Waals surface area contributed by atoms with Gasteiger partial charge >= 0.3 is 0 Å². The van der Waals surface area contributed by atoms with Crippen LogP contribution in [0.5, 0.6) is 0 Å². The summed E-state index contributed by atoms with van der Waals surface area (Å²) in [7, 11) is 0. The van der Waals surface area contributed by atoms with Crippen LogP contribution in [0.25, 0.3) is 10.9 Å². The Kier molecular flexibility index (Phi) is 3.44. The molecule has 0 bridgehead atoms. The maximum Gasteiger partial charge on any atom is 0.129 e. The second-order valence-corrected chi connectivity index (χ2v) is 6.03. The average Bonchev–Trinajstić information content (AvgIpc) is 2.40. The normalized spacial score (nSPS) is 23.1. The molecule has 0 atom stereocenters. The number of rotatable bonds is 1.